The van der Waals surface area contributed by atoms with Gasteiger partial charge in [0.25, 0.3) is 5.91 Å². The van der Waals surface area contributed by atoms with Crippen molar-refractivity contribution < 1.29 is 24.1 Å². The normalized spacial score (nSPS) is 22.6. The molecule has 2 aromatic heterocycles. The van der Waals surface area contributed by atoms with Crippen molar-refractivity contribution in [1.82, 2.24) is 24.8 Å². The van der Waals surface area contributed by atoms with Gasteiger partial charge in [-0.15, -0.1) is 0 Å². The van der Waals surface area contributed by atoms with Crippen LogP contribution >= 0.6 is 35.1 Å². The highest BCUT2D eigenvalue weighted by atomic mass is 35.5. The largest absolute Gasteiger partial charge is 0.476 e. The Morgan fingerprint density at radius 3 is 2.52 bits per heavy atom. The minimum Gasteiger partial charge on any atom is -0.476 e. The number of benzene rings is 3. The number of anilines is 1. The first-order valence-corrected chi connectivity index (χ1v) is 22.2. The van der Waals surface area contributed by atoms with Crippen LogP contribution in [0.3, 0.4) is 0 Å². The van der Waals surface area contributed by atoms with Gasteiger partial charge in [-0.05, 0) is 136 Å². The quantitative estimate of drug-likeness (QED) is 0.0986. The van der Waals surface area contributed by atoms with Crippen LogP contribution in [0.5, 0.6) is 17.4 Å². The number of hydrogen-bond donors (Lipinski definition) is 3. The zero-order chi connectivity index (χ0) is 41.9. The van der Waals surface area contributed by atoms with E-state index in [0.717, 1.165) is 111 Å². The zero-order valence-electron chi connectivity index (χ0n) is 34.3. The van der Waals surface area contributed by atoms with Crippen LogP contribution in [0.25, 0.3) is 16.5 Å². The maximum Gasteiger partial charge on any atom is 0.265 e. The van der Waals surface area contributed by atoms with Crippen molar-refractivity contribution in [3.05, 3.63) is 106 Å². The molecule has 1 amide bonds. The number of carbonyl (C=O) groups excluding carboxylic acids is 1. The van der Waals surface area contributed by atoms with Gasteiger partial charge < -0.3 is 24.2 Å². The first kappa shape index (κ1) is 42.4. The summed E-state index contributed by atoms with van der Waals surface area (Å²) < 4.78 is 21.5. The summed E-state index contributed by atoms with van der Waals surface area (Å²) in [6, 6.07) is 21.4. The maximum atomic E-state index is 13.9. The summed E-state index contributed by atoms with van der Waals surface area (Å²) >= 11 is 14.0. The lowest BCUT2D eigenvalue weighted by Crippen LogP contribution is -2.47. The molecule has 1 aliphatic heterocycles. The number of aromatic nitrogens is 3. The van der Waals surface area contributed by atoms with Crippen LogP contribution in [0.4, 0.5) is 5.69 Å². The van der Waals surface area contributed by atoms with Crippen LogP contribution in [0.1, 0.15) is 74.7 Å². The molecule has 3 N–H and O–H groups in total. The summed E-state index contributed by atoms with van der Waals surface area (Å²) in [5.74, 6) is 1.40. The molecule has 2 fully saturated rings. The Morgan fingerprint density at radius 2 is 1.77 bits per heavy atom. The Labute approximate surface area is 365 Å². The number of carbonyl (C=O) groups is 1. The fourth-order valence-electron chi connectivity index (χ4n) is 8.49. The third-order valence-electron chi connectivity index (χ3n) is 12.3. The second-order valence-electron chi connectivity index (χ2n) is 16.8. The number of ether oxygens (including phenoxy) is 3. The summed E-state index contributed by atoms with van der Waals surface area (Å²) in [7, 11) is 1.82. The van der Waals surface area contributed by atoms with Crippen molar-refractivity contribution in [3.63, 3.8) is 0 Å². The average Bonchev–Trinajstić information content (AvgIpc) is 3.74. The molecular weight excluding hydrogens is 820 g/mol. The van der Waals surface area contributed by atoms with E-state index in [4.69, 9.17) is 37.4 Å². The van der Waals surface area contributed by atoms with E-state index in [1.807, 2.05) is 62.6 Å². The van der Waals surface area contributed by atoms with Gasteiger partial charge in [0, 0.05) is 67.7 Å². The monoisotopic (exact) mass is 870 g/mol. The number of rotatable bonds is 13. The lowest BCUT2D eigenvalue weighted by molar-refractivity contribution is -0.00393. The number of pyridine rings is 1. The molecule has 1 atom stereocenters. The van der Waals surface area contributed by atoms with E-state index in [-0.39, 0.29) is 11.5 Å². The summed E-state index contributed by atoms with van der Waals surface area (Å²) in [6.45, 7) is 8.88. The molecule has 3 aliphatic rings. The lowest BCUT2D eigenvalue weighted by atomic mass is 9.79. The Hall–Kier alpha value is -4.30. The number of fused-ring (bicyclic) bond motifs is 1. The van der Waals surface area contributed by atoms with E-state index in [1.165, 1.54) is 16.7 Å². The number of allylic oxidation sites excluding steroid dienone is 1. The molecule has 3 aromatic carbocycles. The van der Waals surface area contributed by atoms with Crippen molar-refractivity contribution in [2.75, 3.05) is 51.3 Å². The predicted octanol–water partition coefficient (Wildman–Crippen LogP) is 9.98. The molecule has 60 heavy (non-hydrogen) atoms. The topological polar surface area (TPSA) is 125 Å². The lowest BCUT2D eigenvalue weighted by Gasteiger charge is -2.40. The highest BCUT2D eigenvalue weighted by Gasteiger charge is 2.33. The number of hydrogen-bond acceptors (Lipinski definition) is 10. The van der Waals surface area contributed by atoms with Gasteiger partial charge in [0.1, 0.15) is 16.5 Å². The minimum atomic E-state index is -0.596. The van der Waals surface area contributed by atoms with Crippen LogP contribution in [-0.4, -0.2) is 88.7 Å². The SMILES string of the molecule is COC1(C)CCC(c2ccc(Cl)cc2)=C(CN2CCN(c3ccc(C(=O)NSc4cnc(OCC5CCC(C)(O)CC5)c(Cl)c4)c(Oc4cccc5[nH]ncc45)c3)CC2)C1. The summed E-state index contributed by atoms with van der Waals surface area (Å²) in [4.78, 5) is 23.9. The molecule has 3 heterocycles. The van der Waals surface area contributed by atoms with E-state index in [9.17, 15) is 9.90 Å². The molecule has 0 spiro atoms. The number of aliphatic hydroxyl groups is 1. The van der Waals surface area contributed by atoms with Crippen LogP contribution < -0.4 is 19.1 Å². The highest BCUT2D eigenvalue weighted by Crippen LogP contribution is 2.41. The summed E-state index contributed by atoms with van der Waals surface area (Å²) in [5.41, 5.74) is 5.48. The van der Waals surface area contributed by atoms with Gasteiger partial charge in [-0.2, -0.15) is 5.10 Å². The van der Waals surface area contributed by atoms with Crippen molar-refractivity contribution in [2.24, 2.45) is 5.92 Å². The van der Waals surface area contributed by atoms with Gasteiger partial charge in [0.05, 0.1) is 40.5 Å². The Kier molecular flexibility index (Phi) is 13.0. The molecule has 0 bridgehead atoms. The number of H-pyrrole nitrogens is 1. The highest BCUT2D eigenvalue weighted by molar-refractivity contribution is 7.98. The van der Waals surface area contributed by atoms with E-state index >= 15 is 0 Å². The van der Waals surface area contributed by atoms with Crippen molar-refractivity contribution in [1.29, 1.82) is 0 Å². The van der Waals surface area contributed by atoms with Gasteiger partial charge in [0.15, 0.2) is 0 Å². The molecule has 8 rings (SSSR count). The number of halogens is 2. The molecule has 2 aliphatic carbocycles. The molecule has 5 aromatic rings. The van der Waals surface area contributed by atoms with Crippen molar-refractivity contribution >= 4 is 63.2 Å². The molecule has 11 nitrogen and oxygen atoms in total. The van der Waals surface area contributed by atoms with E-state index in [2.05, 4.69) is 48.8 Å². The number of nitrogens with one attached hydrogen (secondary N) is 2. The minimum absolute atomic E-state index is 0.180. The number of nitrogens with zero attached hydrogens (tertiary/aromatic N) is 4. The van der Waals surface area contributed by atoms with Crippen LogP contribution in [0.15, 0.2) is 89.6 Å². The Morgan fingerprint density at radius 1 is 0.983 bits per heavy atom. The number of methoxy groups -OCH3 is 1. The summed E-state index contributed by atoms with van der Waals surface area (Å²) in [6.07, 6.45) is 9.50. The first-order chi connectivity index (χ1) is 28.9. The van der Waals surface area contributed by atoms with Crippen LogP contribution in [0, 0.1) is 5.92 Å². The standard InChI is InChI=1S/C46H52Cl2N6O5S/c1-45(56)16-13-30(14-17-45)29-58-44-39(48)24-35(26-49-44)60-52-43(55)37-12-11-34(23-42(37)59-41-6-4-5-40-38(41)27-50-51-40)54-21-19-53(20-22-54)28-32-25-46(2,57-3)18-15-36(32)31-7-9-33(47)10-8-31/h4-12,23-24,26-27,30,56H,13-22,25,28-29H2,1-3H3,(H,50,51)(H,52,55). The van der Waals surface area contributed by atoms with Crippen molar-refractivity contribution in [2.45, 2.75) is 74.9 Å². The average molecular weight is 872 g/mol. The van der Waals surface area contributed by atoms with Gasteiger partial charge in [-0.25, -0.2) is 4.98 Å². The second kappa shape index (κ2) is 18.4. The zero-order valence-corrected chi connectivity index (χ0v) is 36.6. The van der Waals surface area contributed by atoms with E-state index in [0.29, 0.717) is 45.4 Å². The fourth-order valence-corrected chi connectivity index (χ4v) is 9.51. The first-order valence-electron chi connectivity index (χ1n) is 20.7. The number of aromatic amines is 1. The van der Waals surface area contributed by atoms with Crippen LogP contribution in [-0.2, 0) is 4.74 Å². The van der Waals surface area contributed by atoms with Gasteiger partial charge in [0.2, 0.25) is 5.88 Å². The second-order valence-corrected chi connectivity index (χ2v) is 18.5. The summed E-state index contributed by atoms with van der Waals surface area (Å²) in [5, 5.41) is 19.4. The maximum absolute atomic E-state index is 13.9. The molecular formula is C46H52Cl2N6O5S. The molecule has 1 unspecified atom stereocenters. The smallest absolute Gasteiger partial charge is 0.265 e. The predicted molar refractivity (Wildman–Crippen MR) is 240 cm³/mol. The Balaban J connectivity index is 0.950. The molecule has 1 saturated carbocycles. The van der Waals surface area contributed by atoms with Gasteiger partial charge >= 0.3 is 0 Å². The molecule has 316 valence electrons. The van der Waals surface area contributed by atoms with Crippen LogP contribution in [0.2, 0.25) is 10.0 Å². The van der Waals surface area contributed by atoms with Gasteiger partial charge in [-0.1, -0.05) is 41.4 Å². The number of amides is 1. The van der Waals surface area contributed by atoms with Gasteiger partial charge in [-0.3, -0.25) is 19.5 Å². The third kappa shape index (κ3) is 10.1. The number of piperazine rings is 1. The van der Waals surface area contributed by atoms with Crippen molar-refractivity contribution in [3.8, 4) is 17.4 Å². The van der Waals surface area contributed by atoms with E-state index < -0.39 is 5.60 Å². The third-order valence-corrected chi connectivity index (χ3v) is 13.6. The molecule has 14 heteroatoms. The van der Waals surface area contributed by atoms with E-state index in [1.54, 1.807) is 18.5 Å². The fraction of sp³-hybridized carbons (Fsp3) is 0.413. The molecule has 0 radical (unpaired) electrons. The molecule has 1 saturated heterocycles. The Bertz CT molecular complexity index is 2340.